The number of unbranched alkanes of at least 4 members (excludes halogenated alkanes) is 43. The van der Waals surface area contributed by atoms with Crippen LogP contribution in [-0.2, 0) is 28.6 Å². The minimum atomic E-state index is -0.772. The van der Waals surface area contributed by atoms with Gasteiger partial charge in [0, 0.05) is 19.3 Å². The Morgan fingerprint density at radius 3 is 0.843 bits per heavy atom. The van der Waals surface area contributed by atoms with E-state index in [9.17, 15) is 14.4 Å². The summed E-state index contributed by atoms with van der Waals surface area (Å²) in [5.74, 6) is -0.876. The number of esters is 3. The van der Waals surface area contributed by atoms with E-state index in [1.807, 2.05) is 0 Å². The molecular formula is C64H120O6. The van der Waals surface area contributed by atoms with Gasteiger partial charge in [0.2, 0.25) is 0 Å². The molecule has 6 heteroatoms. The maximum atomic E-state index is 12.8. The van der Waals surface area contributed by atoms with E-state index in [4.69, 9.17) is 14.2 Å². The van der Waals surface area contributed by atoms with Crippen LogP contribution in [-0.4, -0.2) is 37.2 Å². The van der Waals surface area contributed by atoms with Crippen LogP contribution in [0, 0.1) is 0 Å². The lowest BCUT2D eigenvalue weighted by Crippen LogP contribution is -2.30. The molecule has 0 bridgehead atoms. The molecule has 1 atom stereocenters. The van der Waals surface area contributed by atoms with Gasteiger partial charge in [-0.1, -0.05) is 308 Å². The average molecular weight is 986 g/mol. The number of carbonyl (C=O) groups is 3. The zero-order valence-corrected chi connectivity index (χ0v) is 47.3. The standard InChI is InChI=1S/C64H120O6/c1-4-7-10-13-16-18-20-22-23-24-25-26-27-28-29-30-31-32-33-34-35-36-37-38-39-40-42-43-45-48-51-54-57-63(66)69-60-61(59-68-62(65)56-53-50-47-15-12-9-6-3)70-64(67)58-55-52-49-46-44-41-21-19-17-14-11-8-5-2/h11,14,19,21,61H,4-10,12-13,15-18,20,22-60H2,1-3H3/b14-11-,21-19-. The van der Waals surface area contributed by atoms with Gasteiger partial charge < -0.3 is 14.2 Å². The van der Waals surface area contributed by atoms with E-state index >= 15 is 0 Å². The van der Waals surface area contributed by atoms with Crippen molar-refractivity contribution in [1.82, 2.24) is 0 Å². The predicted molar refractivity (Wildman–Crippen MR) is 303 cm³/mol. The molecule has 0 saturated carbocycles. The highest BCUT2D eigenvalue weighted by molar-refractivity contribution is 5.71. The van der Waals surface area contributed by atoms with Crippen molar-refractivity contribution in [3.05, 3.63) is 24.3 Å². The lowest BCUT2D eigenvalue weighted by Gasteiger charge is -2.18. The average Bonchev–Trinajstić information content (AvgIpc) is 3.36. The molecule has 0 amide bonds. The smallest absolute Gasteiger partial charge is 0.306 e. The number of hydrogen-bond acceptors (Lipinski definition) is 6. The summed E-state index contributed by atoms with van der Waals surface area (Å²) in [6.45, 7) is 6.57. The SMILES string of the molecule is CCC/C=C\C/C=C\CCCCCCCC(=O)OC(COC(=O)CCCCCCCCC)COC(=O)CCCCCCCCCCCCCCCCCCCCCCCCCCCCCCCCCC. The third kappa shape index (κ3) is 56.8. The van der Waals surface area contributed by atoms with Crippen molar-refractivity contribution in [3.63, 3.8) is 0 Å². The highest BCUT2D eigenvalue weighted by Gasteiger charge is 2.19. The van der Waals surface area contributed by atoms with Crippen molar-refractivity contribution in [2.75, 3.05) is 13.2 Å². The first-order valence-corrected chi connectivity index (χ1v) is 31.3. The minimum Gasteiger partial charge on any atom is -0.462 e. The van der Waals surface area contributed by atoms with Crippen LogP contribution in [0.3, 0.4) is 0 Å². The van der Waals surface area contributed by atoms with Crippen LogP contribution in [0.15, 0.2) is 24.3 Å². The molecular weight excluding hydrogens is 865 g/mol. The second kappa shape index (κ2) is 59.5. The zero-order valence-electron chi connectivity index (χ0n) is 47.3. The Kier molecular flexibility index (Phi) is 57.7. The number of allylic oxidation sites excluding steroid dienone is 4. The summed E-state index contributed by atoms with van der Waals surface area (Å²) in [4.78, 5) is 37.9. The Morgan fingerprint density at radius 2 is 0.543 bits per heavy atom. The van der Waals surface area contributed by atoms with Gasteiger partial charge in [-0.15, -0.1) is 0 Å². The maximum absolute atomic E-state index is 12.8. The van der Waals surface area contributed by atoms with Crippen molar-refractivity contribution in [3.8, 4) is 0 Å². The van der Waals surface area contributed by atoms with Crippen LogP contribution < -0.4 is 0 Å². The van der Waals surface area contributed by atoms with E-state index in [1.165, 1.54) is 218 Å². The van der Waals surface area contributed by atoms with Gasteiger partial charge in [-0.25, -0.2) is 0 Å². The first-order chi connectivity index (χ1) is 34.5. The molecule has 1 unspecified atom stereocenters. The lowest BCUT2D eigenvalue weighted by molar-refractivity contribution is -0.167. The third-order valence-corrected chi connectivity index (χ3v) is 14.2. The monoisotopic (exact) mass is 985 g/mol. The van der Waals surface area contributed by atoms with Crippen LogP contribution >= 0.6 is 0 Å². The van der Waals surface area contributed by atoms with Gasteiger partial charge in [-0.05, 0) is 44.9 Å². The molecule has 0 radical (unpaired) electrons. The van der Waals surface area contributed by atoms with Crippen molar-refractivity contribution in [2.24, 2.45) is 0 Å². The lowest BCUT2D eigenvalue weighted by atomic mass is 10.0. The first-order valence-electron chi connectivity index (χ1n) is 31.3. The maximum Gasteiger partial charge on any atom is 0.306 e. The highest BCUT2D eigenvalue weighted by Crippen LogP contribution is 2.18. The van der Waals surface area contributed by atoms with Crippen molar-refractivity contribution in [2.45, 2.75) is 354 Å². The van der Waals surface area contributed by atoms with Gasteiger partial charge in [0.25, 0.3) is 0 Å². The molecule has 6 nitrogen and oxygen atoms in total. The number of hydrogen-bond donors (Lipinski definition) is 0. The van der Waals surface area contributed by atoms with E-state index in [0.29, 0.717) is 19.3 Å². The molecule has 0 saturated heterocycles. The van der Waals surface area contributed by atoms with Crippen LogP contribution in [0.25, 0.3) is 0 Å². The van der Waals surface area contributed by atoms with Crippen LogP contribution in [0.4, 0.5) is 0 Å². The molecule has 0 spiro atoms. The summed E-state index contributed by atoms with van der Waals surface area (Å²) < 4.78 is 16.8. The van der Waals surface area contributed by atoms with Crippen LogP contribution in [0.2, 0.25) is 0 Å². The molecule has 0 aliphatic carbocycles. The van der Waals surface area contributed by atoms with Gasteiger partial charge in [0.05, 0.1) is 0 Å². The summed E-state index contributed by atoms with van der Waals surface area (Å²) in [7, 11) is 0. The topological polar surface area (TPSA) is 78.9 Å². The van der Waals surface area contributed by atoms with Crippen LogP contribution in [0.5, 0.6) is 0 Å². The van der Waals surface area contributed by atoms with Gasteiger partial charge in [-0.2, -0.15) is 0 Å². The van der Waals surface area contributed by atoms with Gasteiger partial charge in [0.15, 0.2) is 6.10 Å². The highest BCUT2D eigenvalue weighted by atomic mass is 16.6. The van der Waals surface area contributed by atoms with E-state index in [1.54, 1.807) is 0 Å². The molecule has 0 N–H and O–H groups in total. The second-order valence-corrected chi connectivity index (χ2v) is 21.3. The second-order valence-electron chi connectivity index (χ2n) is 21.3. The summed E-state index contributed by atoms with van der Waals surface area (Å²) in [6, 6.07) is 0. The fourth-order valence-corrected chi connectivity index (χ4v) is 9.48. The Labute approximate surface area is 436 Å². The predicted octanol–water partition coefficient (Wildman–Crippen LogP) is 21.1. The quantitative estimate of drug-likeness (QED) is 0.0261. The molecule has 0 aliphatic rings. The van der Waals surface area contributed by atoms with Gasteiger partial charge >= 0.3 is 17.9 Å². The van der Waals surface area contributed by atoms with Crippen molar-refractivity contribution < 1.29 is 28.6 Å². The van der Waals surface area contributed by atoms with Crippen molar-refractivity contribution in [1.29, 1.82) is 0 Å². The minimum absolute atomic E-state index is 0.0726. The van der Waals surface area contributed by atoms with E-state index in [-0.39, 0.29) is 31.1 Å². The fraction of sp³-hybridized carbons (Fsp3) is 0.891. The Bertz CT molecular complexity index is 1130. The molecule has 0 aromatic heterocycles. The molecule has 0 rings (SSSR count). The van der Waals surface area contributed by atoms with E-state index in [2.05, 4.69) is 45.1 Å². The number of rotatable bonds is 58. The van der Waals surface area contributed by atoms with Gasteiger partial charge in [-0.3, -0.25) is 14.4 Å². The largest absolute Gasteiger partial charge is 0.462 e. The number of carbonyl (C=O) groups excluding carboxylic acids is 3. The third-order valence-electron chi connectivity index (χ3n) is 14.2. The zero-order chi connectivity index (χ0) is 50.7. The molecule has 0 aromatic rings. The normalized spacial score (nSPS) is 12.1. The molecule has 0 fully saturated rings. The Hall–Kier alpha value is -2.11. The van der Waals surface area contributed by atoms with E-state index < -0.39 is 6.10 Å². The van der Waals surface area contributed by atoms with Gasteiger partial charge in [0.1, 0.15) is 13.2 Å². The molecule has 70 heavy (non-hydrogen) atoms. The summed E-state index contributed by atoms with van der Waals surface area (Å²) >= 11 is 0. The molecule has 412 valence electrons. The summed E-state index contributed by atoms with van der Waals surface area (Å²) in [5, 5.41) is 0. The molecule has 0 heterocycles. The summed E-state index contributed by atoms with van der Waals surface area (Å²) in [6.07, 6.45) is 71.0. The molecule has 0 aromatic carbocycles. The molecule has 0 aliphatic heterocycles. The number of ether oxygens (including phenoxy) is 3. The Balaban J connectivity index is 3.91. The first kappa shape index (κ1) is 67.9. The van der Waals surface area contributed by atoms with E-state index in [0.717, 1.165) is 89.9 Å². The fourth-order valence-electron chi connectivity index (χ4n) is 9.48. The Morgan fingerprint density at radius 1 is 0.286 bits per heavy atom. The summed E-state index contributed by atoms with van der Waals surface area (Å²) in [5.41, 5.74) is 0. The van der Waals surface area contributed by atoms with Crippen molar-refractivity contribution >= 4 is 17.9 Å². The van der Waals surface area contributed by atoms with Crippen LogP contribution in [0.1, 0.15) is 348 Å².